The van der Waals surface area contributed by atoms with E-state index >= 15 is 0 Å². The maximum absolute atomic E-state index is 12.1. The Hall–Kier alpha value is -1.55. The Kier molecular flexibility index (Phi) is 11.0. The fourth-order valence-electron chi connectivity index (χ4n) is 2.58. The van der Waals surface area contributed by atoms with Crippen molar-refractivity contribution in [2.24, 2.45) is 4.99 Å². The summed E-state index contributed by atoms with van der Waals surface area (Å²) in [4.78, 5) is 18.5. The molecule has 1 aliphatic rings. The molecule has 1 aliphatic heterocycles. The second kappa shape index (κ2) is 12.7. The zero-order valence-corrected chi connectivity index (χ0v) is 17.8. The summed E-state index contributed by atoms with van der Waals surface area (Å²) < 4.78 is 10.5. The Morgan fingerprint density at radius 2 is 2.12 bits per heavy atom. The van der Waals surface area contributed by atoms with Crippen molar-refractivity contribution in [2.75, 3.05) is 51.4 Å². The molecule has 1 heterocycles. The predicted molar refractivity (Wildman–Crippen MR) is 115 cm³/mol. The summed E-state index contributed by atoms with van der Waals surface area (Å²) in [5, 5.41) is 6.50. The van der Waals surface area contributed by atoms with Gasteiger partial charge in [-0.1, -0.05) is 12.1 Å². The summed E-state index contributed by atoms with van der Waals surface area (Å²) in [6, 6.07) is 7.63. The summed E-state index contributed by atoms with van der Waals surface area (Å²) in [7, 11) is 1.70. The molecule has 0 aromatic heterocycles. The molecule has 0 fully saturated rings. The van der Waals surface area contributed by atoms with Crippen molar-refractivity contribution in [3.05, 3.63) is 24.3 Å². The van der Waals surface area contributed by atoms with E-state index in [1.807, 2.05) is 31.2 Å². The molecule has 1 aromatic rings. The summed E-state index contributed by atoms with van der Waals surface area (Å²) in [5.74, 6) is 1.55. The third-order valence-corrected chi connectivity index (χ3v) is 3.78. The fourth-order valence-corrected chi connectivity index (χ4v) is 2.58. The number of para-hydroxylation sites is 2. The molecule has 1 amide bonds. The van der Waals surface area contributed by atoms with Crippen molar-refractivity contribution in [3.63, 3.8) is 0 Å². The maximum atomic E-state index is 12.1. The molecule has 0 aliphatic carbocycles. The molecule has 0 radical (unpaired) electrons. The van der Waals surface area contributed by atoms with Crippen LogP contribution in [0.1, 0.15) is 19.8 Å². The van der Waals surface area contributed by atoms with Gasteiger partial charge in [-0.25, -0.2) is 0 Å². The minimum Gasteiger partial charge on any atom is -0.482 e. The Morgan fingerprint density at radius 3 is 2.88 bits per heavy atom. The molecule has 0 bridgehead atoms. The second-order valence-corrected chi connectivity index (χ2v) is 5.69. The van der Waals surface area contributed by atoms with Gasteiger partial charge in [-0.15, -0.1) is 24.0 Å². The smallest absolute Gasteiger partial charge is 0.265 e. The van der Waals surface area contributed by atoms with Crippen LogP contribution in [0.2, 0.25) is 0 Å². The summed E-state index contributed by atoms with van der Waals surface area (Å²) >= 11 is 0. The molecule has 0 spiro atoms. The highest BCUT2D eigenvalue weighted by molar-refractivity contribution is 14.0. The van der Waals surface area contributed by atoms with E-state index in [0.29, 0.717) is 13.1 Å². The molecule has 0 saturated heterocycles. The van der Waals surface area contributed by atoms with Crippen LogP contribution in [0, 0.1) is 0 Å². The number of nitrogens with one attached hydrogen (secondary N) is 2. The van der Waals surface area contributed by atoms with Gasteiger partial charge in [-0.2, -0.15) is 0 Å². The van der Waals surface area contributed by atoms with Crippen LogP contribution in [-0.4, -0.2) is 58.4 Å². The SMILES string of the molecule is CCNC(=NCCCN1C(=O)COc2ccccc21)NCCCOC.I. The van der Waals surface area contributed by atoms with E-state index in [9.17, 15) is 4.79 Å². The zero-order valence-electron chi connectivity index (χ0n) is 15.5. The highest BCUT2D eigenvalue weighted by Gasteiger charge is 2.24. The van der Waals surface area contributed by atoms with E-state index in [1.54, 1.807) is 12.0 Å². The molecule has 2 rings (SSSR count). The first-order chi connectivity index (χ1) is 12.3. The van der Waals surface area contributed by atoms with E-state index < -0.39 is 0 Å². The average molecular weight is 476 g/mol. The third kappa shape index (κ3) is 6.99. The Labute approximate surface area is 172 Å². The minimum atomic E-state index is -0.00715. The lowest BCUT2D eigenvalue weighted by Crippen LogP contribution is -2.40. The fraction of sp³-hybridized carbons (Fsp3) is 0.556. The number of carbonyl (C=O) groups is 1. The van der Waals surface area contributed by atoms with Crippen LogP contribution in [0.3, 0.4) is 0 Å². The lowest BCUT2D eigenvalue weighted by Gasteiger charge is -2.29. The van der Waals surface area contributed by atoms with E-state index in [2.05, 4.69) is 15.6 Å². The Morgan fingerprint density at radius 1 is 1.31 bits per heavy atom. The van der Waals surface area contributed by atoms with Crippen molar-refractivity contribution < 1.29 is 14.3 Å². The number of ether oxygens (including phenoxy) is 2. The lowest BCUT2D eigenvalue weighted by atomic mass is 10.2. The first kappa shape index (κ1) is 22.5. The number of hydrogen-bond acceptors (Lipinski definition) is 4. The highest BCUT2D eigenvalue weighted by atomic mass is 127. The first-order valence-electron chi connectivity index (χ1n) is 8.79. The van der Waals surface area contributed by atoms with Crippen molar-refractivity contribution in [1.29, 1.82) is 0 Å². The molecule has 0 saturated carbocycles. The van der Waals surface area contributed by atoms with E-state index in [0.717, 1.165) is 49.9 Å². The number of methoxy groups -OCH3 is 1. The van der Waals surface area contributed by atoms with Crippen molar-refractivity contribution in [1.82, 2.24) is 10.6 Å². The van der Waals surface area contributed by atoms with Gasteiger partial charge in [0.05, 0.1) is 5.69 Å². The first-order valence-corrected chi connectivity index (χ1v) is 8.79. The average Bonchev–Trinajstić information content (AvgIpc) is 2.63. The number of benzene rings is 1. The van der Waals surface area contributed by atoms with Crippen LogP contribution in [-0.2, 0) is 9.53 Å². The third-order valence-electron chi connectivity index (χ3n) is 3.78. The van der Waals surface area contributed by atoms with Crippen LogP contribution >= 0.6 is 24.0 Å². The molecule has 2 N–H and O–H groups in total. The highest BCUT2D eigenvalue weighted by Crippen LogP contribution is 2.31. The Bertz CT molecular complexity index is 583. The standard InChI is InChI=1S/C18H28N4O3.HI/c1-3-19-18(21-11-7-13-24-2)20-10-6-12-22-15-8-4-5-9-16(15)25-14-17(22)23;/h4-5,8-9H,3,6-7,10-14H2,1-2H3,(H2,19,20,21);1H. The second-order valence-electron chi connectivity index (χ2n) is 5.69. The van der Waals surface area contributed by atoms with Gasteiger partial charge in [0, 0.05) is 39.9 Å². The normalized spacial score (nSPS) is 13.5. The molecule has 0 atom stereocenters. The van der Waals surface area contributed by atoms with Gasteiger partial charge in [-0.05, 0) is 31.9 Å². The predicted octanol–water partition coefficient (Wildman–Crippen LogP) is 2.01. The quantitative estimate of drug-likeness (QED) is 0.247. The van der Waals surface area contributed by atoms with Crippen molar-refractivity contribution in [2.45, 2.75) is 19.8 Å². The van der Waals surface area contributed by atoms with Gasteiger partial charge in [0.15, 0.2) is 12.6 Å². The molecule has 146 valence electrons. The van der Waals surface area contributed by atoms with Crippen LogP contribution in [0.4, 0.5) is 5.69 Å². The van der Waals surface area contributed by atoms with Crippen molar-refractivity contribution >= 4 is 41.5 Å². The molecule has 0 unspecified atom stereocenters. The summed E-state index contributed by atoms with van der Waals surface area (Å²) in [5.41, 5.74) is 0.840. The van der Waals surface area contributed by atoms with Crippen LogP contribution in [0.5, 0.6) is 5.75 Å². The molecule has 8 heteroatoms. The van der Waals surface area contributed by atoms with Gasteiger partial charge in [0.2, 0.25) is 0 Å². The number of halogens is 1. The molecule has 26 heavy (non-hydrogen) atoms. The number of rotatable bonds is 9. The van der Waals surface area contributed by atoms with E-state index in [-0.39, 0.29) is 36.5 Å². The number of fused-ring (bicyclic) bond motifs is 1. The maximum Gasteiger partial charge on any atom is 0.265 e. The number of guanidine groups is 1. The van der Waals surface area contributed by atoms with E-state index in [4.69, 9.17) is 9.47 Å². The topological polar surface area (TPSA) is 75.2 Å². The van der Waals surface area contributed by atoms with Crippen molar-refractivity contribution in [3.8, 4) is 5.75 Å². The van der Waals surface area contributed by atoms with Crippen LogP contribution in [0.15, 0.2) is 29.3 Å². The largest absolute Gasteiger partial charge is 0.482 e. The number of nitrogens with zero attached hydrogens (tertiary/aromatic N) is 2. The molecular weight excluding hydrogens is 447 g/mol. The van der Waals surface area contributed by atoms with Gasteiger partial charge >= 0.3 is 0 Å². The van der Waals surface area contributed by atoms with Gasteiger partial charge in [0.25, 0.3) is 5.91 Å². The molecule has 1 aromatic carbocycles. The van der Waals surface area contributed by atoms with E-state index in [1.165, 1.54) is 0 Å². The number of carbonyl (C=O) groups excluding carboxylic acids is 1. The number of amides is 1. The lowest BCUT2D eigenvalue weighted by molar-refractivity contribution is -0.121. The van der Waals surface area contributed by atoms with Crippen LogP contribution in [0.25, 0.3) is 0 Å². The Balaban J connectivity index is 0.00000338. The summed E-state index contributed by atoms with van der Waals surface area (Å²) in [6.45, 7) is 5.77. The molecule has 7 nitrogen and oxygen atoms in total. The number of hydrogen-bond donors (Lipinski definition) is 2. The number of anilines is 1. The van der Waals surface area contributed by atoms with Gasteiger partial charge in [0.1, 0.15) is 5.75 Å². The monoisotopic (exact) mass is 476 g/mol. The minimum absolute atomic E-state index is 0. The number of aliphatic imine (C=N–C) groups is 1. The summed E-state index contributed by atoms with van der Waals surface area (Å²) in [6.07, 6.45) is 1.72. The zero-order chi connectivity index (χ0) is 17.9. The van der Waals surface area contributed by atoms with Crippen LogP contribution < -0.4 is 20.3 Å². The van der Waals surface area contributed by atoms with Gasteiger partial charge < -0.3 is 25.0 Å². The molecular formula is C18H29IN4O3. The van der Waals surface area contributed by atoms with Gasteiger partial charge in [-0.3, -0.25) is 9.79 Å².